The number of nitrogens with zero attached hydrogens (tertiary/aromatic N) is 1. The van der Waals surface area contributed by atoms with Crippen molar-refractivity contribution in [1.82, 2.24) is 9.62 Å². The molecule has 162 valence electrons. The minimum absolute atomic E-state index is 0.0977. The Balaban J connectivity index is 1.68. The number of amides is 1. The van der Waals surface area contributed by atoms with Gasteiger partial charge in [0.25, 0.3) is 0 Å². The zero-order valence-electron chi connectivity index (χ0n) is 17.2. The molecule has 0 unspecified atom stereocenters. The average molecular weight is 495 g/mol. The van der Waals surface area contributed by atoms with Crippen molar-refractivity contribution in [2.75, 3.05) is 6.54 Å². The number of halogens is 1. The average Bonchev–Trinajstić information content (AvgIpc) is 2.73. The Kier molecular flexibility index (Phi) is 7.55. The Labute approximate surface area is 186 Å². The van der Waals surface area contributed by atoms with Crippen molar-refractivity contribution in [3.63, 3.8) is 0 Å². The number of carbonyl (C=O) groups is 1. The first-order valence-electron chi connectivity index (χ1n) is 10.1. The van der Waals surface area contributed by atoms with Crippen molar-refractivity contribution < 1.29 is 17.9 Å². The summed E-state index contributed by atoms with van der Waals surface area (Å²) in [7, 11) is -3.74. The number of benzene rings is 2. The van der Waals surface area contributed by atoms with E-state index in [1.807, 2.05) is 38.1 Å². The van der Waals surface area contributed by atoms with E-state index in [2.05, 4.69) is 21.2 Å². The minimum atomic E-state index is -3.74. The second-order valence-electron chi connectivity index (χ2n) is 7.61. The van der Waals surface area contributed by atoms with Crippen LogP contribution in [-0.2, 0) is 21.4 Å². The van der Waals surface area contributed by atoms with Crippen LogP contribution in [0.25, 0.3) is 0 Å². The zero-order chi connectivity index (χ0) is 21.7. The third-order valence-corrected chi connectivity index (χ3v) is 7.39. The lowest BCUT2D eigenvalue weighted by atomic mass is 10.0. The van der Waals surface area contributed by atoms with Crippen LogP contribution in [-0.4, -0.2) is 37.3 Å². The first-order valence-corrected chi connectivity index (χ1v) is 12.3. The molecule has 1 amide bonds. The molecule has 0 aliphatic carbocycles. The number of ether oxygens (including phenoxy) is 1. The van der Waals surface area contributed by atoms with Gasteiger partial charge in [0.1, 0.15) is 11.8 Å². The molecule has 1 heterocycles. The summed E-state index contributed by atoms with van der Waals surface area (Å²) in [6.45, 7) is 4.61. The van der Waals surface area contributed by atoms with Crippen molar-refractivity contribution in [3.8, 4) is 5.75 Å². The van der Waals surface area contributed by atoms with Crippen molar-refractivity contribution in [2.24, 2.45) is 0 Å². The molecular weight excluding hydrogens is 468 g/mol. The molecule has 0 bridgehead atoms. The number of hydrogen-bond donors (Lipinski definition) is 1. The molecule has 0 saturated carbocycles. The number of carbonyl (C=O) groups excluding carboxylic acids is 1. The summed E-state index contributed by atoms with van der Waals surface area (Å²) in [5, 5.41) is 2.90. The monoisotopic (exact) mass is 494 g/mol. The van der Waals surface area contributed by atoms with E-state index in [0.717, 1.165) is 28.6 Å². The molecule has 2 aromatic carbocycles. The maximum absolute atomic E-state index is 13.1. The topological polar surface area (TPSA) is 75.7 Å². The van der Waals surface area contributed by atoms with Crippen LogP contribution in [0.2, 0.25) is 0 Å². The Morgan fingerprint density at radius 3 is 2.43 bits per heavy atom. The summed E-state index contributed by atoms with van der Waals surface area (Å²) in [5.41, 5.74) is 0.928. The van der Waals surface area contributed by atoms with Gasteiger partial charge < -0.3 is 10.1 Å². The summed E-state index contributed by atoms with van der Waals surface area (Å²) in [5.74, 6) is 0.511. The van der Waals surface area contributed by atoms with Gasteiger partial charge >= 0.3 is 0 Å². The molecule has 2 aromatic rings. The van der Waals surface area contributed by atoms with Crippen LogP contribution in [0.1, 0.15) is 38.7 Å². The fraction of sp³-hybridized carbons (Fsp3) is 0.409. The van der Waals surface area contributed by atoms with Crippen LogP contribution in [0.3, 0.4) is 0 Å². The molecule has 30 heavy (non-hydrogen) atoms. The smallest absolute Gasteiger partial charge is 0.243 e. The lowest BCUT2D eigenvalue weighted by molar-refractivity contribution is -0.125. The normalized spacial score (nSPS) is 17.7. The number of hydrogen-bond acceptors (Lipinski definition) is 4. The quantitative estimate of drug-likeness (QED) is 0.628. The highest BCUT2D eigenvalue weighted by Crippen LogP contribution is 2.26. The summed E-state index contributed by atoms with van der Waals surface area (Å²) >= 11 is 3.32. The standard InChI is InChI=1S/C22H27BrN2O4S/c1-16(2)29-19-10-6-17(7-11-19)15-24-22(26)21-5-3-4-14-25(21)30(27,28)20-12-8-18(23)9-13-20/h6-13,16,21H,3-5,14-15H2,1-2H3,(H,24,26)/t21-/m1/s1. The van der Waals surface area contributed by atoms with E-state index in [1.54, 1.807) is 24.3 Å². The molecule has 1 aliphatic rings. The van der Waals surface area contributed by atoms with Crippen LogP contribution in [0.5, 0.6) is 5.75 Å². The maximum atomic E-state index is 13.1. The molecule has 0 spiro atoms. The number of rotatable bonds is 7. The van der Waals surface area contributed by atoms with E-state index < -0.39 is 16.1 Å². The summed E-state index contributed by atoms with van der Waals surface area (Å²) in [4.78, 5) is 13.1. The lowest BCUT2D eigenvalue weighted by Crippen LogP contribution is -2.51. The molecule has 1 N–H and O–H groups in total. The molecule has 0 radical (unpaired) electrons. The van der Waals surface area contributed by atoms with Crippen molar-refractivity contribution in [3.05, 3.63) is 58.6 Å². The predicted octanol–water partition coefficient (Wildman–Crippen LogP) is 4.10. The van der Waals surface area contributed by atoms with Crippen LogP contribution in [0, 0.1) is 0 Å². The first-order chi connectivity index (χ1) is 14.3. The second-order valence-corrected chi connectivity index (χ2v) is 10.4. The number of sulfonamides is 1. The maximum Gasteiger partial charge on any atom is 0.243 e. The fourth-order valence-electron chi connectivity index (χ4n) is 3.46. The minimum Gasteiger partial charge on any atom is -0.491 e. The van der Waals surface area contributed by atoms with E-state index >= 15 is 0 Å². The Hall–Kier alpha value is -1.90. The van der Waals surface area contributed by atoms with Crippen LogP contribution < -0.4 is 10.1 Å². The predicted molar refractivity (Wildman–Crippen MR) is 120 cm³/mol. The van der Waals surface area contributed by atoms with Crippen LogP contribution >= 0.6 is 15.9 Å². The van der Waals surface area contributed by atoms with Crippen molar-refractivity contribution >= 4 is 31.9 Å². The van der Waals surface area contributed by atoms with E-state index in [1.165, 1.54) is 4.31 Å². The van der Waals surface area contributed by atoms with E-state index in [4.69, 9.17) is 4.74 Å². The van der Waals surface area contributed by atoms with Gasteiger partial charge in [-0.25, -0.2) is 8.42 Å². The largest absolute Gasteiger partial charge is 0.491 e. The Morgan fingerprint density at radius 1 is 1.13 bits per heavy atom. The van der Waals surface area contributed by atoms with Crippen molar-refractivity contribution in [1.29, 1.82) is 0 Å². The van der Waals surface area contributed by atoms with E-state index in [9.17, 15) is 13.2 Å². The highest BCUT2D eigenvalue weighted by atomic mass is 79.9. The zero-order valence-corrected chi connectivity index (χ0v) is 19.6. The highest BCUT2D eigenvalue weighted by Gasteiger charge is 2.37. The third-order valence-electron chi connectivity index (χ3n) is 4.94. The molecular formula is C22H27BrN2O4S. The fourth-order valence-corrected chi connectivity index (χ4v) is 5.38. The van der Waals surface area contributed by atoms with Gasteiger partial charge in [0.05, 0.1) is 11.0 Å². The number of nitrogens with one attached hydrogen (secondary N) is 1. The Morgan fingerprint density at radius 2 is 1.80 bits per heavy atom. The lowest BCUT2D eigenvalue weighted by Gasteiger charge is -2.33. The number of piperidine rings is 1. The van der Waals surface area contributed by atoms with E-state index in [-0.39, 0.29) is 16.9 Å². The molecule has 1 atom stereocenters. The van der Waals surface area contributed by atoms with Gasteiger partial charge in [-0.15, -0.1) is 0 Å². The molecule has 1 aliphatic heterocycles. The molecule has 1 fully saturated rings. The third kappa shape index (κ3) is 5.62. The summed E-state index contributed by atoms with van der Waals surface area (Å²) < 4.78 is 34.0. The molecule has 3 rings (SSSR count). The first kappa shape index (κ1) is 22.8. The van der Waals surface area contributed by atoms with Gasteiger partial charge in [-0.2, -0.15) is 4.31 Å². The summed E-state index contributed by atoms with van der Waals surface area (Å²) in [6.07, 6.45) is 2.19. The highest BCUT2D eigenvalue weighted by molar-refractivity contribution is 9.10. The van der Waals surface area contributed by atoms with Gasteiger partial charge in [-0.1, -0.05) is 34.5 Å². The van der Waals surface area contributed by atoms with Gasteiger partial charge in [-0.05, 0) is 68.7 Å². The van der Waals surface area contributed by atoms with Crippen molar-refractivity contribution in [2.45, 2.75) is 56.7 Å². The van der Waals surface area contributed by atoms with Gasteiger partial charge in [0.15, 0.2) is 0 Å². The molecule has 0 aromatic heterocycles. The van der Waals surface area contributed by atoms with Gasteiger partial charge in [0.2, 0.25) is 15.9 Å². The van der Waals surface area contributed by atoms with Gasteiger partial charge in [-0.3, -0.25) is 4.79 Å². The van der Waals surface area contributed by atoms with E-state index in [0.29, 0.717) is 19.5 Å². The van der Waals surface area contributed by atoms with Crippen LogP contribution in [0.15, 0.2) is 57.9 Å². The molecule has 6 nitrogen and oxygen atoms in total. The molecule has 1 saturated heterocycles. The SMILES string of the molecule is CC(C)Oc1ccc(CNC(=O)[C@H]2CCCCN2S(=O)(=O)c2ccc(Br)cc2)cc1. The van der Waals surface area contributed by atoms with Gasteiger partial charge in [0, 0.05) is 17.6 Å². The molecule has 8 heteroatoms. The summed E-state index contributed by atoms with van der Waals surface area (Å²) in [6, 6.07) is 13.3. The Bertz CT molecular complexity index is 960. The van der Waals surface area contributed by atoms with Crippen LogP contribution in [0.4, 0.5) is 0 Å². The second kappa shape index (κ2) is 9.94.